The van der Waals surface area contributed by atoms with Crippen LogP contribution in [0.2, 0.25) is 10.0 Å². The van der Waals surface area contributed by atoms with Crippen LogP contribution in [0.1, 0.15) is 31.1 Å². The molecular weight excluding hydrogens is 385 g/mol. The van der Waals surface area contributed by atoms with Gasteiger partial charge in [0.15, 0.2) is 0 Å². The molecule has 0 radical (unpaired) electrons. The summed E-state index contributed by atoms with van der Waals surface area (Å²) in [6.07, 6.45) is 0. The lowest BCUT2D eigenvalue weighted by Crippen LogP contribution is -2.57. The van der Waals surface area contributed by atoms with Crippen molar-refractivity contribution in [2.24, 2.45) is 11.1 Å². The van der Waals surface area contributed by atoms with E-state index in [-0.39, 0.29) is 29.6 Å². The zero-order valence-electron chi connectivity index (χ0n) is 14.6. The lowest BCUT2D eigenvalue weighted by Gasteiger charge is -2.38. The summed E-state index contributed by atoms with van der Waals surface area (Å²) < 4.78 is 0. The van der Waals surface area contributed by atoms with E-state index < -0.39 is 6.04 Å². The van der Waals surface area contributed by atoms with E-state index in [4.69, 9.17) is 28.9 Å². The van der Waals surface area contributed by atoms with Crippen LogP contribution >= 0.6 is 35.6 Å². The summed E-state index contributed by atoms with van der Waals surface area (Å²) in [6, 6.07) is 4.43. The average Bonchev–Trinajstić information content (AvgIpc) is 2.52. The summed E-state index contributed by atoms with van der Waals surface area (Å²) in [7, 11) is 0. The van der Waals surface area contributed by atoms with Gasteiger partial charge >= 0.3 is 0 Å². The number of hydrogen-bond acceptors (Lipinski definition) is 3. The van der Waals surface area contributed by atoms with Crippen LogP contribution in [0, 0.1) is 5.41 Å². The standard InChI is InChI=1S/C17H23Cl2N3O2.ClH/c1-17(2,3)14(20)16(24)22-9-7-21(8-10-22)15(23)13-11(18)5-4-6-12(13)19;/h4-6,14H,7-10,20H2,1-3H3;1H/t14-;/m1./s1. The number of benzene rings is 1. The normalized spacial score (nSPS) is 16.2. The van der Waals surface area contributed by atoms with Gasteiger partial charge in [0.25, 0.3) is 5.91 Å². The van der Waals surface area contributed by atoms with E-state index in [9.17, 15) is 9.59 Å². The maximum atomic E-state index is 12.6. The van der Waals surface area contributed by atoms with E-state index in [0.717, 1.165) is 0 Å². The van der Waals surface area contributed by atoms with Crippen molar-refractivity contribution in [3.8, 4) is 0 Å². The van der Waals surface area contributed by atoms with Crippen molar-refractivity contribution in [1.29, 1.82) is 0 Å². The molecule has 0 bridgehead atoms. The Labute approximate surface area is 164 Å². The highest BCUT2D eigenvalue weighted by atomic mass is 35.5. The molecule has 1 aliphatic heterocycles. The molecule has 1 atom stereocenters. The van der Waals surface area contributed by atoms with Crippen molar-refractivity contribution in [3.63, 3.8) is 0 Å². The minimum atomic E-state index is -0.558. The molecule has 1 saturated heterocycles. The minimum absolute atomic E-state index is 0. The molecule has 140 valence electrons. The minimum Gasteiger partial charge on any atom is -0.338 e. The van der Waals surface area contributed by atoms with Gasteiger partial charge in [-0.05, 0) is 17.5 Å². The number of nitrogens with zero attached hydrogens (tertiary/aromatic N) is 2. The van der Waals surface area contributed by atoms with E-state index in [2.05, 4.69) is 0 Å². The van der Waals surface area contributed by atoms with Crippen molar-refractivity contribution < 1.29 is 9.59 Å². The van der Waals surface area contributed by atoms with Gasteiger partial charge < -0.3 is 15.5 Å². The summed E-state index contributed by atoms with van der Waals surface area (Å²) in [4.78, 5) is 28.5. The smallest absolute Gasteiger partial charge is 0.257 e. The lowest BCUT2D eigenvalue weighted by molar-refractivity contribution is -0.136. The van der Waals surface area contributed by atoms with E-state index in [1.165, 1.54) is 0 Å². The molecule has 25 heavy (non-hydrogen) atoms. The fraction of sp³-hybridized carbons (Fsp3) is 0.529. The van der Waals surface area contributed by atoms with Crippen molar-refractivity contribution in [2.75, 3.05) is 26.2 Å². The van der Waals surface area contributed by atoms with E-state index in [1.54, 1.807) is 28.0 Å². The quantitative estimate of drug-likeness (QED) is 0.818. The Hall–Kier alpha value is -1.01. The molecule has 8 heteroatoms. The summed E-state index contributed by atoms with van der Waals surface area (Å²) in [5.74, 6) is -0.289. The first kappa shape index (κ1) is 22.0. The maximum Gasteiger partial charge on any atom is 0.257 e. The molecule has 2 amide bonds. The zero-order valence-corrected chi connectivity index (χ0v) is 16.9. The van der Waals surface area contributed by atoms with Gasteiger partial charge in [-0.3, -0.25) is 9.59 Å². The van der Waals surface area contributed by atoms with Crippen LogP contribution in [-0.4, -0.2) is 53.8 Å². The number of carbonyl (C=O) groups excluding carboxylic acids is 2. The largest absolute Gasteiger partial charge is 0.338 e. The molecule has 5 nitrogen and oxygen atoms in total. The number of piperazine rings is 1. The fourth-order valence-electron chi connectivity index (χ4n) is 2.56. The second-order valence-corrected chi connectivity index (χ2v) is 7.87. The first-order valence-corrected chi connectivity index (χ1v) is 8.66. The SMILES string of the molecule is CC(C)(C)[C@H](N)C(=O)N1CCN(C(=O)c2c(Cl)cccc2Cl)CC1.Cl. The average molecular weight is 409 g/mol. The van der Waals surface area contributed by atoms with Crippen molar-refractivity contribution in [1.82, 2.24) is 9.80 Å². The molecule has 0 aliphatic carbocycles. The van der Waals surface area contributed by atoms with E-state index >= 15 is 0 Å². The molecule has 1 aromatic rings. The Morgan fingerprint density at radius 1 is 1.04 bits per heavy atom. The second kappa shape index (κ2) is 8.58. The van der Waals surface area contributed by atoms with Crippen LogP contribution in [0.5, 0.6) is 0 Å². The molecule has 1 aliphatic rings. The van der Waals surface area contributed by atoms with E-state index in [0.29, 0.717) is 41.8 Å². The maximum absolute atomic E-state index is 12.6. The highest BCUT2D eigenvalue weighted by molar-refractivity contribution is 6.39. The molecule has 0 unspecified atom stereocenters. The molecule has 1 aromatic carbocycles. The molecule has 0 spiro atoms. The van der Waals surface area contributed by atoms with Gasteiger partial charge in [-0.2, -0.15) is 0 Å². The lowest BCUT2D eigenvalue weighted by atomic mass is 9.86. The monoisotopic (exact) mass is 407 g/mol. The number of amides is 2. The van der Waals surface area contributed by atoms with Crippen LogP contribution in [0.3, 0.4) is 0 Å². The predicted octanol–water partition coefficient (Wildman–Crippen LogP) is 3.07. The number of hydrogen-bond donors (Lipinski definition) is 1. The molecule has 2 rings (SSSR count). The van der Waals surface area contributed by atoms with Crippen LogP contribution in [0.4, 0.5) is 0 Å². The number of rotatable bonds is 2. The summed E-state index contributed by atoms with van der Waals surface area (Å²) in [5, 5.41) is 0.668. The van der Waals surface area contributed by atoms with Crippen LogP contribution in [0.15, 0.2) is 18.2 Å². The second-order valence-electron chi connectivity index (χ2n) is 7.06. The van der Waals surface area contributed by atoms with Gasteiger partial charge in [-0.1, -0.05) is 50.0 Å². The van der Waals surface area contributed by atoms with Crippen LogP contribution in [-0.2, 0) is 4.79 Å². The van der Waals surface area contributed by atoms with Gasteiger partial charge in [0.1, 0.15) is 0 Å². The molecule has 1 heterocycles. The molecular formula is C17H24Cl3N3O2. The first-order chi connectivity index (χ1) is 11.1. The molecule has 1 fully saturated rings. The van der Waals surface area contributed by atoms with Gasteiger partial charge in [0.05, 0.1) is 21.7 Å². The molecule has 0 saturated carbocycles. The van der Waals surface area contributed by atoms with E-state index in [1.807, 2.05) is 20.8 Å². The Morgan fingerprint density at radius 2 is 1.48 bits per heavy atom. The van der Waals surface area contributed by atoms with Gasteiger partial charge in [-0.15, -0.1) is 12.4 Å². The third kappa shape index (κ3) is 5.00. The fourth-order valence-corrected chi connectivity index (χ4v) is 3.12. The van der Waals surface area contributed by atoms with Gasteiger partial charge in [0, 0.05) is 26.2 Å². The molecule has 0 aromatic heterocycles. The van der Waals surface area contributed by atoms with Crippen LogP contribution < -0.4 is 5.73 Å². The third-order valence-corrected chi connectivity index (χ3v) is 4.88. The van der Waals surface area contributed by atoms with Gasteiger partial charge in [0.2, 0.25) is 5.91 Å². The Bertz CT molecular complexity index is 618. The first-order valence-electron chi connectivity index (χ1n) is 7.90. The number of halogens is 3. The van der Waals surface area contributed by atoms with Crippen molar-refractivity contribution >= 4 is 47.4 Å². The number of nitrogens with two attached hydrogens (primary N) is 1. The summed E-state index contributed by atoms with van der Waals surface area (Å²) in [6.45, 7) is 7.59. The van der Waals surface area contributed by atoms with Crippen molar-refractivity contribution in [2.45, 2.75) is 26.8 Å². The van der Waals surface area contributed by atoms with Crippen molar-refractivity contribution in [3.05, 3.63) is 33.8 Å². The third-order valence-electron chi connectivity index (χ3n) is 4.25. The van der Waals surface area contributed by atoms with Crippen LogP contribution in [0.25, 0.3) is 0 Å². The Morgan fingerprint density at radius 3 is 1.92 bits per heavy atom. The predicted molar refractivity (Wildman–Crippen MR) is 104 cm³/mol. The number of carbonyl (C=O) groups is 2. The molecule has 2 N–H and O–H groups in total. The highest BCUT2D eigenvalue weighted by Gasteiger charge is 2.33. The topological polar surface area (TPSA) is 66.6 Å². The highest BCUT2D eigenvalue weighted by Crippen LogP contribution is 2.26. The zero-order chi connectivity index (χ0) is 18.1. The Kier molecular flexibility index (Phi) is 7.56. The van der Waals surface area contributed by atoms with Gasteiger partial charge in [-0.25, -0.2) is 0 Å². The Balaban J connectivity index is 0.00000312. The summed E-state index contributed by atoms with van der Waals surface area (Å²) >= 11 is 12.2. The summed E-state index contributed by atoms with van der Waals surface area (Å²) in [5.41, 5.74) is 6.06.